The number of imidazole rings is 1. The molecule has 0 bridgehead atoms. The molecule has 3 heterocycles. The molecule has 0 radical (unpaired) electrons. The van der Waals surface area contributed by atoms with E-state index in [4.69, 9.17) is 4.42 Å². The molecule has 0 N–H and O–H groups in total. The number of amides is 1. The summed E-state index contributed by atoms with van der Waals surface area (Å²) in [6.45, 7) is 8.11. The molecular formula is C18H25N3O2. The molecule has 0 unspecified atom stereocenters. The van der Waals surface area contributed by atoms with Crippen LogP contribution in [0.15, 0.2) is 29.2 Å². The maximum atomic E-state index is 12.5. The Kier molecular flexibility index (Phi) is 4.55. The van der Waals surface area contributed by atoms with Gasteiger partial charge in [0.25, 0.3) is 5.91 Å². The second kappa shape index (κ2) is 6.60. The van der Waals surface area contributed by atoms with Crippen LogP contribution in [0.4, 0.5) is 0 Å². The molecule has 0 aromatic carbocycles. The average Bonchev–Trinajstić information content (AvgIpc) is 3.17. The van der Waals surface area contributed by atoms with Crippen LogP contribution in [0.25, 0.3) is 0 Å². The Morgan fingerprint density at radius 1 is 1.48 bits per heavy atom. The zero-order valence-electron chi connectivity index (χ0n) is 14.2. The predicted octanol–water partition coefficient (Wildman–Crippen LogP) is 3.46. The Bertz CT molecular complexity index is 658. The molecule has 1 atom stereocenters. The van der Waals surface area contributed by atoms with Crippen LogP contribution in [0.2, 0.25) is 0 Å². The molecule has 124 valence electrons. The molecule has 23 heavy (non-hydrogen) atoms. The number of nitrogens with zero attached hydrogens (tertiary/aromatic N) is 3. The lowest BCUT2D eigenvalue weighted by Crippen LogP contribution is -2.40. The van der Waals surface area contributed by atoms with Crippen LogP contribution in [-0.2, 0) is 6.42 Å². The van der Waals surface area contributed by atoms with Gasteiger partial charge in [0.05, 0.1) is 11.8 Å². The molecule has 1 fully saturated rings. The van der Waals surface area contributed by atoms with Crippen LogP contribution in [0.5, 0.6) is 0 Å². The fourth-order valence-electron chi connectivity index (χ4n) is 3.60. The van der Waals surface area contributed by atoms with Crippen molar-refractivity contribution in [2.45, 2.75) is 46.1 Å². The first-order chi connectivity index (χ1) is 11.1. The van der Waals surface area contributed by atoms with E-state index in [1.165, 1.54) is 12.0 Å². The molecule has 3 rings (SSSR count). The highest BCUT2D eigenvalue weighted by Gasteiger charge is 2.26. The lowest BCUT2D eigenvalue weighted by atomic mass is 9.94. The van der Waals surface area contributed by atoms with E-state index in [2.05, 4.69) is 30.3 Å². The van der Waals surface area contributed by atoms with Crippen LogP contribution < -0.4 is 0 Å². The third-order valence-electron chi connectivity index (χ3n) is 4.62. The fraction of sp³-hybridized carbons (Fsp3) is 0.556. The van der Waals surface area contributed by atoms with Gasteiger partial charge in [-0.3, -0.25) is 4.79 Å². The molecule has 1 saturated heterocycles. The van der Waals surface area contributed by atoms with Gasteiger partial charge in [-0.05, 0) is 45.6 Å². The summed E-state index contributed by atoms with van der Waals surface area (Å²) in [5, 5.41) is 0. The molecule has 1 aliphatic rings. The van der Waals surface area contributed by atoms with Crippen molar-refractivity contribution in [3.8, 4) is 0 Å². The monoisotopic (exact) mass is 315 g/mol. The minimum absolute atomic E-state index is 0.0758. The van der Waals surface area contributed by atoms with Gasteiger partial charge >= 0.3 is 0 Å². The van der Waals surface area contributed by atoms with Gasteiger partial charge in [0.1, 0.15) is 12.1 Å². The predicted molar refractivity (Wildman–Crippen MR) is 88.4 cm³/mol. The molecule has 5 heteroatoms. The van der Waals surface area contributed by atoms with Gasteiger partial charge in [-0.1, -0.05) is 0 Å². The summed E-state index contributed by atoms with van der Waals surface area (Å²) in [4.78, 5) is 19.0. The third-order valence-corrected chi connectivity index (χ3v) is 4.62. The zero-order chi connectivity index (χ0) is 16.4. The van der Waals surface area contributed by atoms with Crippen molar-refractivity contribution in [1.29, 1.82) is 0 Å². The summed E-state index contributed by atoms with van der Waals surface area (Å²) in [5.74, 6) is 1.69. The topological polar surface area (TPSA) is 51.3 Å². The number of aryl methyl sites for hydroxylation is 1. The van der Waals surface area contributed by atoms with Crippen LogP contribution in [-0.4, -0.2) is 33.4 Å². The number of aromatic nitrogens is 2. The van der Waals surface area contributed by atoms with E-state index in [0.717, 1.165) is 38.2 Å². The highest BCUT2D eigenvalue weighted by molar-refractivity contribution is 5.93. The molecule has 5 nitrogen and oxygen atoms in total. The van der Waals surface area contributed by atoms with E-state index < -0.39 is 0 Å². The fourth-order valence-corrected chi connectivity index (χ4v) is 3.60. The van der Waals surface area contributed by atoms with E-state index in [9.17, 15) is 4.79 Å². The van der Waals surface area contributed by atoms with Crippen molar-refractivity contribution in [2.75, 3.05) is 13.1 Å². The lowest BCUT2D eigenvalue weighted by molar-refractivity contribution is 0.0670. The van der Waals surface area contributed by atoms with Crippen molar-refractivity contribution in [3.63, 3.8) is 0 Å². The van der Waals surface area contributed by atoms with Crippen molar-refractivity contribution in [1.82, 2.24) is 14.5 Å². The number of hydrogen-bond acceptors (Lipinski definition) is 3. The lowest BCUT2D eigenvalue weighted by Gasteiger charge is -2.32. The van der Waals surface area contributed by atoms with Gasteiger partial charge in [0.2, 0.25) is 0 Å². The second-order valence-corrected chi connectivity index (χ2v) is 6.76. The molecule has 1 amide bonds. The average molecular weight is 315 g/mol. The molecule has 1 aliphatic heterocycles. The molecule has 0 saturated carbocycles. The Labute approximate surface area is 137 Å². The van der Waals surface area contributed by atoms with Crippen LogP contribution in [0, 0.1) is 12.8 Å². The van der Waals surface area contributed by atoms with Gasteiger partial charge < -0.3 is 13.9 Å². The summed E-state index contributed by atoms with van der Waals surface area (Å²) in [6, 6.07) is 2.15. The molecule has 2 aromatic rings. The normalized spacial score (nSPS) is 18.6. The quantitative estimate of drug-likeness (QED) is 0.868. The smallest absolute Gasteiger partial charge is 0.257 e. The van der Waals surface area contributed by atoms with E-state index in [1.807, 2.05) is 11.1 Å². The Hall–Kier alpha value is -2.04. The van der Waals surface area contributed by atoms with E-state index >= 15 is 0 Å². The Morgan fingerprint density at radius 2 is 2.30 bits per heavy atom. The van der Waals surface area contributed by atoms with Crippen LogP contribution >= 0.6 is 0 Å². The zero-order valence-corrected chi connectivity index (χ0v) is 14.2. The van der Waals surface area contributed by atoms with E-state index in [0.29, 0.717) is 17.5 Å². The third kappa shape index (κ3) is 3.33. The van der Waals surface area contributed by atoms with Crippen molar-refractivity contribution in [3.05, 3.63) is 41.9 Å². The van der Waals surface area contributed by atoms with Gasteiger partial charge in [0, 0.05) is 37.4 Å². The highest BCUT2D eigenvalue weighted by atomic mass is 16.3. The standard InChI is InChI=1S/C18H25N3O2/c1-13(2)21-14(3)10-19-17(21)9-15-5-4-7-20(11-15)18(22)16-6-8-23-12-16/h6,8,10,12-13,15H,4-5,7,9,11H2,1-3H3/t15-/m1/s1. The maximum Gasteiger partial charge on any atom is 0.257 e. The number of likely N-dealkylation sites (tertiary alicyclic amines) is 1. The SMILES string of the molecule is Cc1cnc(C[C@H]2CCCN(C(=O)c3ccoc3)C2)n1C(C)C. The van der Waals surface area contributed by atoms with E-state index in [-0.39, 0.29) is 5.91 Å². The minimum Gasteiger partial charge on any atom is -0.472 e. The van der Waals surface area contributed by atoms with E-state index in [1.54, 1.807) is 12.3 Å². The van der Waals surface area contributed by atoms with Crippen LogP contribution in [0.3, 0.4) is 0 Å². The first kappa shape index (κ1) is 15.8. The summed E-state index contributed by atoms with van der Waals surface area (Å²) in [7, 11) is 0. The van der Waals surface area contributed by atoms with Crippen molar-refractivity contribution in [2.24, 2.45) is 5.92 Å². The van der Waals surface area contributed by atoms with Crippen LogP contribution in [0.1, 0.15) is 54.6 Å². The Balaban J connectivity index is 1.69. The summed E-state index contributed by atoms with van der Waals surface area (Å²) < 4.78 is 7.34. The molecule has 0 spiro atoms. The Morgan fingerprint density at radius 3 is 3.00 bits per heavy atom. The highest BCUT2D eigenvalue weighted by Crippen LogP contribution is 2.24. The molecule has 0 aliphatic carbocycles. The second-order valence-electron chi connectivity index (χ2n) is 6.76. The minimum atomic E-state index is 0.0758. The molecular weight excluding hydrogens is 290 g/mol. The molecule has 2 aromatic heterocycles. The van der Waals surface area contributed by atoms with Gasteiger partial charge in [-0.15, -0.1) is 0 Å². The summed E-state index contributed by atoms with van der Waals surface area (Å²) in [6.07, 6.45) is 8.17. The van der Waals surface area contributed by atoms with Crippen molar-refractivity contribution >= 4 is 5.91 Å². The summed E-state index contributed by atoms with van der Waals surface area (Å²) >= 11 is 0. The summed E-state index contributed by atoms with van der Waals surface area (Å²) in [5.41, 5.74) is 1.85. The van der Waals surface area contributed by atoms with Gasteiger partial charge in [-0.25, -0.2) is 4.98 Å². The first-order valence-corrected chi connectivity index (χ1v) is 8.40. The van der Waals surface area contributed by atoms with Gasteiger partial charge in [0.15, 0.2) is 0 Å². The first-order valence-electron chi connectivity index (χ1n) is 8.40. The number of carbonyl (C=O) groups excluding carboxylic acids is 1. The number of furan rings is 1. The maximum absolute atomic E-state index is 12.5. The van der Waals surface area contributed by atoms with Gasteiger partial charge in [-0.2, -0.15) is 0 Å². The largest absolute Gasteiger partial charge is 0.472 e. The number of rotatable bonds is 4. The number of carbonyl (C=O) groups is 1. The van der Waals surface area contributed by atoms with Crippen molar-refractivity contribution < 1.29 is 9.21 Å². The number of piperidine rings is 1. The number of hydrogen-bond donors (Lipinski definition) is 0.